The number of hydrogen-bond donors (Lipinski definition) is 1. The number of halogens is 4. The highest BCUT2D eigenvalue weighted by molar-refractivity contribution is 9.10. The number of rotatable bonds is 3. The molecule has 0 heterocycles. The van der Waals surface area contributed by atoms with E-state index in [-0.39, 0.29) is 11.9 Å². The van der Waals surface area contributed by atoms with Gasteiger partial charge in [-0.25, -0.2) is 4.39 Å². The van der Waals surface area contributed by atoms with E-state index >= 15 is 0 Å². The fourth-order valence-electron chi connectivity index (χ4n) is 1.96. The molecule has 0 bridgehead atoms. The molecule has 0 aliphatic rings. The van der Waals surface area contributed by atoms with E-state index in [0.717, 1.165) is 11.1 Å². The van der Waals surface area contributed by atoms with E-state index in [4.69, 9.17) is 23.2 Å². The number of nitrogens with one attached hydrogen (secondary N) is 1. The van der Waals surface area contributed by atoms with Gasteiger partial charge in [0.1, 0.15) is 5.82 Å². The van der Waals surface area contributed by atoms with Gasteiger partial charge in [0.2, 0.25) is 0 Å². The van der Waals surface area contributed by atoms with Crippen molar-refractivity contribution in [2.24, 2.45) is 0 Å². The van der Waals surface area contributed by atoms with E-state index in [9.17, 15) is 4.39 Å². The Morgan fingerprint density at radius 2 is 1.79 bits per heavy atom. The maximum absolute atomic E-state index is 13.5. The van der Waals surface area contributed by atoms with Crippen LogP contribution in [-0.4, -0.2) is 7.05 Å². The Morgan fingerprint density at radius 3 is 2.37 bits per heavy atom. The molecular formula is C14H11BrCl2FN. The van der Waals surface area contributed by atoms with Crippen LogP contribution in [0.15, 0.2) is 40.9 Å². The topological polar surface area (TPSA) is 12.0 Å². The third-order valence-corrected chi connectivity index (χ3v) is 3.98. The van der Waals surface area contributed by atoms with E-state index < -0.39 is 0 Å². The number of benzene rings is 2. The Labute approximate surface area is 129 Å². The molecule has 0 saturated carbocycles. The normalized spacial score (nSPS) is 12.5. The Hall–Kier alpha value is -0.610. The van der Waals surface area contributed by atoms with Crippen LogP contribution in [0.3, 0.4) is 0 Å². The van der Waals surface area contributed by atoms with Crippen molar-refractivity contribution in [1.82, 2.24) is 5.32 Å². The van der Waals surface area contributed by atoms with Crippen LogP contribution in [0, 0.1) is 5.82 Å². The minimum Gasteiger partial charge on any atom is -0.309 e. The highest BCUT2D eigenvalue weighted by Gasteiger charge is 2.14. The second-order valence-corrected chi connectivity index (χ2v) is 5.83. The van der Waals surface area contributed by atoms with Gasteiger partial charge in [0.05, 0.1) is 16.1 Å². The van der Waals surface area contributed by atoms with Crippen LogP contribution in [0.5, 0.6) is 0 Å². The van der Waals surface area contributed by atoms with Gasteiger partial charge < -0.3 is 5.32 Å². The van der Waals surface area contributed by atoms with E-state index in [1.807, 2.05) is 19.2 Å². The summed E-state index contributed by atoms with van der Waals surface area (Å²) < 4.78 is 14.2. The Bertz CT molecular complexity index is 584. The zero-order valence-electron chi connectivity index (χ0n) is 10.1. The molecule has 1 N–H and O–H groups in total. The summed E-state index contributed by atoms with van der Waals surface area (Å²) in [6.07, 6.45) is 0. The minimum atomic E-state index is -0.287. The molecule has 1 unspecified atom stereocenters. The van der Waals surface area contributed by atoms with Gasteiger partial charge in [0.15, 0.2) is 0 Å². The molecule has 2 aromatic rings. The van der Waals surface area contributed by atoms with Gasteiger partial charge in [0, 0.05) is 4.47 Å². The molecule has 0 amide bonds. The van der Waals surface area contributed by atoms with Gasteiger partial charge >= 0.3 is 0 Å². The largest absolute Gasteiger partial charge is 0.309 e. The van der Waals surface area contributed by atoms with Gasteiger partial charge in [-0.15, -0.1) is 0 Å². The van der Waals surface area contributed by atoms with Gasteiger partial charge in [-0.05, 0) is 48.5 Å². The molecule has 5 heteroatoms. The predicted octanol–water partition coefficient (Wildman–Crippen LogP) is 5.20. The molecule has 0 fully saturated rings. The van der Waals surface area contributed by atoms with Crippen LogP contribution in [0.1, 0.15) is 17.2 Å². The molecule has 19 heavy (non-hydrogen) atoms. The van der Waals surface area contributed by atoms with Crippen LogP contribution >= 0.6 is 39.1 Å². The molecule has 0 spiro atoms. The molecule has 2 aromatic carbocycles. The van der Waals surface area contributed by atoms with E-state index in [1.165, 1.54) is 12.1 Å². The summed E-state index contributed by atoms with van der Waals surface area (Å²) in [4.78, 5) is 0. The Morgan fingerprint density at radius 1 is 1.05 bits per heavy atom. The average molecular weight is 363 g/mol. The maximum atomic E-state index is 13.5. The summed E-state index contributed by atoms with van der Waals surface area (Å²) in [5.41, 5.74) is 1.74. The Kier molecular flexibility index (Phi) is 4.85. The first-order chi connectivity index (χ1) is 9.01. The summed E-state index contributed by atoms with van der Waals surface area (Å²) >= 11 is 15.2. The van der Waals surface area contributed by atoms with E-state index in [1.54, 1.807) is 12.1 Å². The summed E-state index contributed by atoms with van der Waals surface area (Å²) in [7, 11) is 1.81. The third-order valence-electron chi connectivity index (χ3n) is 2.78. The zero-order valence-corrected chi connectivity index (χ0v) is 13.2. The van der Waals surface area contributed by atoms with E-state index in [0.29, 0.717) is 14.5 Å². The first kappa shape index (κ1) is 14.8. The lowest BCUT2D eigenvalue weighted by atomic mass is 9.99. The first-order valence-corrected chi connectivity index (χ1v) is 7.14. The molecule has 0 saturated heterocycles. The number of hydrogen-bond acceptors (Lipinski definition) is 1. The molecule has 0 aromatic heterocycles. The molecule has 1 atom stereocenters. The summed E-state index contributed by atoms with van der Waals surface area (Å²) in [6, 6.07) is 10.0. The third kappa shape index (κ3) is 3.48. The second kappa shape index (κ2) is 6.23. The van der Waals surface area contributed by atoms with Crippen molar-refractivity contribution in [3.05, 3.63) is 67.9 Å². The lowest BCUT2D eigenvalue weighted by Crippen LogP contribution is -2.17. The quantitative estimate of drug-likeness (QED) is 0.790. The molecule has 100 valence electrons. The maximum Gasteiger partial charge on any atom is 0.124 e. The highest BCUT2D eigenvalue weighted by atomic mass is 79.9. The van der Waals surface area contributed by atoms with Crippen LogP contribution in [0.4, 0.5) is 4.39 Å². The highest BCUT2D eigenvalue weighted by Crippen LogP contribution is 2.30. The van der Waals surface area contributed by atoms with Crippen LogP contribution in [-0.2, 0) is 0 Å². The Balaban J connectivity index is 2.46. The lowest BCUT2D eigenvalue weighted by Gasteiger charge is -2.18. The lowest BCUT2D eigenvalue weighted by molar-refractivity contribution is 0.615. The monoisotopic (exact) mass is 361 g/mol. The van der Waals surface area contributed by atoms with Crippen molar-refractivity contribution >= 4 is 39.1 Å². The van der Waals surface area contributed by atoms with Crippen molar-refractivity contribution in [2.45, 2.75) is 6.04 Å². The zero-order chi connectivity index (χ0) is 14.0. The fraction of sp³-hybridized carbons (Fsp3) is 0.143. The molecule has 0 aliphatic heterocycles. The van der Waals surface area contributed by atoms with Crippen molar-refractivity contribution in [1.29, 1.82) is 0 Å². The standard InChI is InChI=1S/C14H11BrCl2FN/c1-19-14(8-2-3-12(16)13(17)6-8)9-4-10(15)7-11(18)5-9/h2-7,14,19H,1H3. The summed E-state index contributed by atoms with van der Waals surface area (Å²) in [6.45, 7) is 0. The van der Waals surface area contributed by atoms with Crippen molar-refractivity contribution in [2.75, 3.05) is 7.05 Å². The van der Waals surface area contributed by atoms with Crippen LogP contribution < -0.4 is 5.32 Å². The van der Waals surface area contributed by atoms with Crippen LogP contribution in [0.25, 0.3) is 0 Å². The van der Waals surface area contributed by atoms with Gasteiger partial charge in [-0.2, -0.15) is 0 Å². The molecule has 1 nitrogen and oxygen atoms in total. The summed E-state index contributed by atoms with van der Waals surface area (Å²) in [5, 5.41) is 4.13. The molecule has 0 radical (unpaired) electrons. The second-order valence-electron chi connectivity index (χ2n) is 4.10. The van der Waals surface area contributed by atoms with E-state index in [2.05, 4.69) is 21.2 Å². The minimum absolute atomic E-state index is 0.151. The first-order valence-electron chi connectivity index (χ1n) is 5.59. The predicted molar refractivity (Wildman–Crippen MR) is 81.5 cm³/mol. The molecule has 2 rings (SSSR count). The van der Waals surface area contributed by atoms with Gasteiger partial charge in [-0.3, -0.25) is 0 Å². The van der Waals surface area contributed by atoms with Crippen molar-refractivity contribution in [3.8, 4) is 0 Å². The van der Waals surface area contributed by atoms with Gasteiger partial charge in [0.25, 0.3) is 0 Å². The summed E-state index contributed by atoms with van der Waals surface area (Å²) in [5.74, 6) is -0.287. The van der Waals surface area contributed by atoms with Gasteiger partial charge in [-0.1, -0.05) is 45.2 Å². The fourth-order valence-corrected chi connectivity index (χ4v) is 2.75. The molecular weight excluding hydrogens is 352 g/mol. The average Bonchev–Trinajstić information content (AvgIpc) is 2.33. The SMILES string of the molecule is CNC(c1cc(F)cc(Br)c1)c1ccc(Cl)c(Cl)c1. The van der Waals surface area contributed by atoms with Crippen LogP contribution in [0.2, 0.25) is 10.0 Å². The smallest absolute Gasteiger partial charge is 0.124 e. The van der Waals surface area contributed by atoms with Crippen molar-refractivity contribution < 1.29 is 4.39 Å². The molecule has 0 aliphatic carbocycles. The van der Waals surface area contributed by atoms with Crippen molar-refractivity contribution in [3.63, 3.8) is 0 Å².